The molecule has 0 amide bonds. The monoisotopic (exact) mass is 257 g/mol. The highest BCUT2D eigenvalue weighted by atomic mass is 16.5. The van der Waals surface area contributed by atoms with Crippen LogP contribution in [0.4, 0.5) is 0 Å². The number of nitrogens with zero attached hydrogens (tertiary/aromatic N) is 1. The third-order valence-electron chi connectivity index (χ3n) is 3.36. The van der Waals surface area contributed by atoms with Crippen molar-refractivity contribution < 1.29 is 19.1 Å². The summed E-state index contributed by atoms with van der Waals surface area (Å²) < 4.78 is 9.82. The molecule has 1 saturated heterocycles. The SMILES string of the molecule is CCOC(=O)C(C)C(C(=O)OC)N1CCCCC1. The first-order valence-corrected chi connectivity index (χ1v) is 6.60. The van der Waals surface area contributed by atoms with Gasteiger partial charge in [-0.05, 0) is 39.8 Å². The third kappa shape index (κ3) is 3.70. The maximum absolute atomic E-state index is 11.9. The average Bonchev–Trinajstić information content (AvgIpc) is 2.40. The minimum absolute atomic E-state index is 0.330. The zero-order chi connectivity index (χ0) is 13.5. The van der Waals surface area contributed by atoms with Crippen LogP contribution >= 0.6 is 0 Å². The highest BCUT2D eigenvalue weighted by Crippen LogP contribution is 2.20. The zero-order valence-corrected chi connectivity index (χ0v) is 11.5. The van der Waals surface area contributed by atoms with Crippen LogP contribution in [0.2, 0.25) is 0 Å². The van der Waals surface area contributed by atoms with Gasteiger partial charge in [-0.2, -0.15) is 0 Å². The van der Waals surface area contributed by atoms with E-state index in [0.29, 0.717) is 6.61 Å². The highest BCUT2D eigenvalue weighted by molar-refractivity contribution is 5.84. The predicted octanol–water partition coefficient (Wildman–Crippen LogP) is 1.21. The van der Waals surface area contributed by atoms with Crippen molar-refractivity contribution in [2.75, 3.05) is 26.8 Å². The molecule has 1 heterocycles. The molecule has 0 aromatic rings. The highest BCUT2D eigenvalue weighted by Gasteiger charge is 2.37. The van der Waals surface area contributed by atoms with E-state index >= 15 is 0 Å². The van der Waals surface area contributed by atoms with E-state index in [1.54, 1.807) is 13.8 Å². The van der Waals surface area contributed by atoms with Crippen molar-refractivity contribution in [1.82, 2.24) is 4.90 Å². The van der Waals surface area contributed by atoms with Gasteiger partial charge in [0.15, 0.2) is 0 Å². The standard InChI is InChI=1S/C13H23NO4/c1-4-18-12(15)10(2)11(13(16)17-3)14-8-6-5-7-9-14/h10-11H,4-9H2,1-3H3. The molecule has 0 aromatic heterocycles. The fourth-order valence-corrected chi connectivity index (χ4v) is 2.39. The molecular weight excluding hydrogens is 234 g/mol. The van der Waals surface area contributed by atoms with Crippen molar-refractivity contribution in [3.8, 4) is 0 Å². The lowest BCUT2D eigenvalue weighted by atomic mass is 9.97. The first-order valence-electron chi connectivity index (χ1n) is 6.60. The van der Waals surface area contributed by atoms with E-state index in [2.05, 4.69) is 0 Å². The predicted molar refractivity (Wildman–Crippen MR) is 67.0 cm³/mol. The minimum atomic E-state index is -0.519. The van der Waals surface area contributed by atoms with Crippen LogP contribution in [-0.2, 0) is 19.1 Å². The summed E-state index contributed by atoms with van der Waals surface area (Å²) in [5.74, 6) is -1.17. The number of esters is 2. The Morgan fingerprint density at radius 1 is 1.17 bits per heavy atom. The number of piperidine rings is 1. The molecule has 2 atom stereocenters. The molecular formula is C13H23NO4. The van der Waals surface area contributed by atoms with Crippen LogP contribution in [0.5, 0.6) is 0 Å². The molecule has 1 aliphatic rings. The van der Waals surface area contributed by atoms with Crippen LogP contribution < -0.4 is 0 Å². The molecule has 0 bridgehead atoms. The number of hydrogen-bond acceptors (Lipinski definition) is 5. The van der Waals surface area contributed by atoms with Gasteiger partial charge in [0.2, 0.25) is 0 Å². The molecule has 0 spiro atoms. The molecule has 18 heavy (non-hydrogen) atoms. The summed E-state index contributed by atoms with van der Waals surface area (Å²) in [5, 5.41) is 0. The van der Waals surface area contributed by atoms with Gasteiger partial charge < -0.3 is 9.47 Å². The molecule has 1 fully saturated rings. The van der Waals surface area contributed by atoms with E-state index in [1.165, 1.54) is 13.5 Å². The fraction of sp³-hybridized carbons (Fsp3) is 0.846. The van der Waals surface area contributed by atoms with Gasteiger partial charge in [-0.25, -0.2) is 0 Å². The second-order valence-corrected chi connectivity index (χ2v) is 4.61. The summed E-state index contributed by atoms with van der Waals surface area (Å²) >= 11 is 0. The van der Waals surface area contributed by atoms with E-state index in [0.717, 1.165) is 25.9 Å². The topological polar surface area (TPSA) is 55.8 Å². The van der Waals surface area contributed by atoms with Crippen LogP contribution in [0.1, 0.15) is 33.1 Å². The van der Waals surface area contributed by atoms with E-state index in [4.69, 9.17) is 9.47 Å². The molecule has 0 radical (unpaired) electrons. The van der Waals surface area contributed by atoms with Crippen LogP contribution in [0.3, 0.4) is 0 Å². The first kappa shape index (κ1) is 15.0. The summed E-state index contributed by atoms with van der Waals surface area (Å²) in [6.07, 6.45) is 3.30. The number of ether oxygens (including phenoxy) is 2. The van der Waals surface area contributed by atoms with Crippen LogP contribution in [0, 0.1) is 5.92 Å². The summed E-state index contributed by atoms with van der Waals surface area (Å²) in [4.78, 5) is 25.7. The van der Waals surface area contributed by atoms with Gasteiger partial charge in [0.1, 0.15) is 6.04 Å². The molecule has 5 heteroatoms. The van der Waals surface area contributed by atoms with Gasteiger partial charge >= 0.3 is 11.9 Å². The first-order chi connectivity index (χ1) is 8.61. The Balaban J connectivity index is 2.76. The molecule has 0 aromatic carbocycles. The van der Waals surface area contributed by atoms with E-state index in [1.807, 2.05) is 4.90 Å². The minimum Gasteiger partial charge on any atom is -0.468 e. The van der Waals surface area contributed by atoms with Gasteiger partial charge in [0.05, 0.1) is 19.6 Å². The van der Waals surface area contributed by atoms with Gasteiger partial charge in [0.25, 0.3) is 0 Å². The Bertz CT molecular complexity index is 287. The maximum Gasteiger partial charge on any atom is 0.323 e. The molecule has 2 unspecified atom stereocenters. The molecule has 1 aliphatic heterocycles. The van der Waals surface area contributed by atoms with Crippen LogP contribution in [0.25, 0.3) is 0 Å². The number of hydrogen-bond donors (Lipinski definition) is 0. The lowest BCUT2D eigenvalue weighted by molar-refractivity contribution is -0.160. The second kappa shape index (κ2) is 7.36. The van der Waals surface area contributed by atoms with Crippen molar-refractivity contribution in [1.29, 1.82) is 0 Å². The number of rotatable bonds is 5. The lowest BCUT2D eigenvalue weighted by Crippen LogP contribution is -2.50. The molecule has 104 valence electrons. The largest absolute Gasteiger partial charge is 0.468 e. The summed E-state index contributed by atoms with van der Waals surface area (Å²) in [5.41, 5.74) is 0. The van der Waals surface area contributed by atoms with Gasteiger partial charge in [-0.15, -0.1) is 0 Å². The van der Waals surface area contributed by atoms with E-state index in [9.17, 15) is 9.59 Å². The molecule has 1 rings (SSSR count). The Morgan fingerprint density at radius 3 is 2.28 bits per heavy atom. The average molecular weight is 257 g/mol. The van der Waals surface area contributed by atoms with Crippen LogP contribution in [0.15, 0.2) is 0 Å². The molecule has 0 aliphatic carbocycles. The van der Waals surface area contributed by atoms with Gasteiger partial charge in [-0.3, -0.25) is 14.5 Å². The third-order valence-corrected chi connectivity index (χ3v) is 3.36. The van der Waals surface area contributed by atoms with Crippen molar-refractivity contribution in [3.05, 3.63) is 0 Å². The van der Waals surface area contributed by atoms with Crippen molar-refractivity contribution >= 4 is 11.9 Å². The Labute approximate surface area is 108 Å². The smallest absolute Gasteiger partial charge is 0.323 e. The van der Waals surface area contributed by atoms with Crippen molar-refractivity contribution in [3.63, 3.8) is 0 Å². The lowest BCUT2D eigenvalue weighted by Gasteiger charge is -2.35. The summed E-state index contributed by atoms with van der Waals surface area (Å²) in [6.45, 7) is 5.50. The number of carbonyl (C=O) groups excluding carboxylic acids is 2. The Kier molecular flexibility index (Phi) is 6.12. The quantitative estimate of drug-likeness (QED) is 0.693. The van der Waals surface area contributed by atoms with Gasteiger partial charge in [0, 0.05) is 0 Å². The fourth-order valence-electron chi connectivity index (χ4n) is 2.39. The molecule has 0 saturated carbocycles. The Morgan fingerprint density at radius 2 is 1.78 bits per heavy atom. The number of likely N-dealkylation sites (tertiary alicyclic amines) is 1. The zero-order valence-electron chi connectivity index (χ0n) is 11.5. The molecule has 5 nitrogen and oxygen atoms in total. The van der Waals surface area contributed by atoms with Crippen molar-refractivity contribution in [2.45, 2.75) is 39.2 Å². The van der Waals surface area contributed by atoms with E-state index in [-0.39, 0.29) is 11.9 Å². The number of methoxy groups -OCH3 is 1. The summed E-state index contributed by atoms with van der Waals surface area (Å²) in [6, 6.07) is -0.519. The molecule has 0 N–H and O–H groups in total. The normalized spacial score (nSPS) is 19.9. The van der Waals surface area contributed by atoms with Crippen molar-refractivity contribution in [2.24, 2.45) is 5.92 Å². The van der Waals surface area contributed by atoms with Crippen LogP contribution in [-0.4, -0.2) is 49.7 Å². The Hall–Kier alpha value is -1.10. The second-order valence-electron chi connectivity index (χ2n) is 4.61. The maximum atomic E-state index is 11.9. The van der Waals surface area contributed by atoms with Gasteiger partial charge in [-0.1, -0.05) is 6.42 Å². The summed E-state index contributed by atoms with van der Waals surface area (Å²) in [7, 11) is 1.36. The van der Waals surface area contributed by atoms with E-state index < -0.39 is 12.0 Å². The number of carbonyl (C=O) groups is 2.